The third-order valence-corrected chi connectivity index (χ3v) is 3.80. The van der Waals surface area contributed by atoms with E-state index in [1.54, 1.807) is 0 Å². The van der Waals surface area contributed by atoms with Gasteiger partial charge in [0.05, 0.1) is 0 Å². The van der Waals surface area contributed by atoms with Crippen molar-refractivity contribution in [3.8, 4) is 6.07 Å². The first-order chi connectivity index (χ1) is 9.61. The van der Waals surface area contributed by atoms with Gasteiger partial charge in [0, 0.05) is 23.5 Å². The summed E-state index contributed by atoms with van der Waals surface area (Å²) in [5.41, 5.74) is 3.36. The zero-order valence-electron chi connectivity index (χ0n) is 11.4. The second-order valence-electron chi connectivity index (χ2n) is 4.92. The second kappa shape index (κ2) is 4.43. The van der Waals surface area contributed by atoms with Crippen LogP contribution in [0.2, 0.25) is 0 Å². The fourth-order valence-corrected chi connectivity index (χ4v) is 2.48. The molecule has 1 heterocycles. The lowest BCUT2D eigenvalue weighted by atomic mass is 10.1. The van der Waals surface area contributed by atoms with Gasteiger partial charge in [-0.15, -0.1) is 0 Å². The highest BCUT2D eigenvalue weighted by atomic mass is 16.3. The van der Waals surface area contributed by atoms with Crippen LogP contribution in [0.15, 0.2) is 35.9 Å². The maximum atomic E-state index is 10.3. The molecular formula is C17H14N2O. The molecule has 3 heteroatoms. The molecule has 0 spiro atoms. The van der Waals surface area contributed by atoms with Crippen molar-refractivity contribution in [3.05, 3.63) is 63.3 Å². The molecule has 0 bridgehead atoms. The smallest absolute Gasteiger partial charge is 0.130 e. The molecule has 0 fully saturated rings. The van der Waals surface area contributed by atoms with E-state index < -0.39 is 0 Å². The summed E-state index contributed by atoms with van der Waals surface area (Å²) >= 11 is 0. The molecule has 0 amide bonds. The maximum Gasteiger partial charge on any atom is 0.130 e. The van der Waals surface area contributed by atoms with Gasteiger partial charge >= 0.3 is 0 Å². The molecule has 98 valence electrons. The molecule has 0 aliphatic heterocycles. The average molecular weight is 262 g/mol. The zero-order chi connectivity index (χ0) is 14.3. The van der Waals surface area contributed by atoms with E-state index in [2.05, 4.69) is 6.07 Å². The van der Waals surface area contributed by atoms with Crippen LogP contribution < -0.4 is 10.4 Å². The minimum Gasteiger partial charge on any atom is -0.507 e. The fraction of sp³-hybridized carbons (Fsp3) is 0.118. The fourth-order valence-electron chi connectivity index (χ4n) is 2.48. The first kappa shape index (κ1) is 12.3. The zero-order valence-corrected chi connectivity index (χ0v) is 11.4. The standard InChI is InChI=1S/C17H14N2O/c1-11-13(9-15(10-18)19(11)2)8-14-7-12-5-3-4-6-16(12)17(14)20/h3-9,20H,1-2H3/b14-8-. The lowest BCUT2D eigenvalue weighted by Crippen LogP contribution is -2.21. The molecule has 3 nitrogen and oxygen atoms in total. The van der Waals surface area contributed by atoms with Crippen LogP contribution in [-0.4, -0.2) is 9.67 Å². The van der Waals surface area contributed by atoms with Crippen LogP contribution in [0, 0.1) is 18.3 Å². The Balaban J connectivity index is 2.17. The van der Waals surface area contributed by atoms with Crippen molar-refractivity contribution in [3.63, 3.8) is 0 Å². The van der Waals surface area contributed by atoms with Crippen molar-refractivity contribution in [2.75, 3.05) is 0 Å². The average Bonchev–Trinajstić information content (AvgIpc) is 2.92. The van der Waals surface area contributed by atoms with Crippen LogP contribution in [0.4, 0.5) is 0 Å². The number of nitrogens with zero attached hydrogens (tertiary/aromatic N) is 2. The molecular weight excluding hydrogens is 248 g/mol. The van der Waals surface area contributed by atoms with Crippen LogP contribution in [-0.2, 0) is 7.05 Å². The van der Waals surface area contributed by atoms with Gasteiger partial charge in [-0.3, -0.25) is 0 Å². The highest BCUT2D eigenvalue weighted by Crippen LogP contribution is 2.21. The number of aromatic nitrogens is 1. The Bertz CT molecular complexity index is 892. The largest absolute Gasteiger partial charge is 0.507 e. The van der Waals surface area contributed by atoms with E-state index >= 15 is 0 Å². The lowest BCUT2D eigenvalue weighted by molar-refractivity contribution is 0.510. The van der Waals surface area contributed by atoms with Crippen LogP contribution in [0.1, 0.15) is 17.0 Å². The summed E-state index contributed by atoms with van der Waals surface area (Å²) in [5, 5.41) is 21.2. The molecule has 20 heavy (non-hydrogen) atoms. The highest BCUT2D eigenvalue weighted by Gasteiger charge is 2.12. The third-order valence-electron chi connectivity index (χ3n) is 3.80. The first-order valence-electron chi connectivity index (χ1n) is 6.40. The Morgan fingerprint density at radius 3 is 2.70 bits per heavy atom. The number of hydrogen-bond donors (Lipinski definition) is 1. The summed E-state index contributed by atoms with van der Waals surface area (Å²) in [6.45, 7) is 1.96. The minimum atomic E-state index is 0.294. The van der Waals surface area contributed by atoms with E-state index in [1.807, 2.05) is 61.0 Å². The van der Waals surface area contributed by atoms with Gasteiger partial charge in [0.2, 0.25) is 0 Å². The van der Waals surface area contributed by atoms with E-state index in [4.69, 9.17) is 5.26 Å². The number of hydrogen-bond acceptors (Lipinski definition) is 2. The Hall–Kier alpha value is -2.73. The van der Waals surface area contributed by atoms with Gasteiger partial charge in [-0.2, -0.15) is 5.26 Å². The van der Waals surface area contributed by atoms with E-state index in [9.17, 15) is 5.11 Å². The summed E-state index contributed by atoms with van der Waals surface area (Å²) in [4.78, 5) is 0. The molecule has 0 saturated heterocycles. The number of aliphatic hydroxyl groups is 1. The molecule has 3 rings (SSSR count). The van der Waals surface area contributed by atoms with Crippen molar-refractivity contribution in [1.29, 1.82) is 5.26 Å². The van der Waals surface area contributed by atoms with Gasteiger partial charge in [0.25, 0.3) is 0 Å². The van der Waals surface area contributed by atoms with Crippen molar-refractivity contribution < 1.29 is 5.11 Å². The monoisotopic (exact) mass is 262 g/mol. The Labute approximate surface area is 117 Å². The topological polar surface area (TPSA) is 48.9 Å². The normalized spacial score (nSPS) is 15.1. The second-order valence-corrected chi connectivity index (χ2v) is 4.92. The molecule has 0 saturated carbocycles. The SMILES string of the molecule is Cc1c(/C=C2/C=c3ccccc3=C2O)cc(C#N)n1C. The Morgan fingerprint density at radius 1 is 1.30 bits per heavy atom. The number of fused-ring (bicyclic) bond motifs is 1. The van der Waals surface area contributed by atoms with E-state index in [-0.39, 0.29) is 0 Å². The first-order valence-corrected chi connectivity index (χ1v) is 6.40. The van der Waals surface area contributed by atoms with Gasteiger partial charge in [-0.05, 0) is 35.9 Å². The van der Waals surface area contributed by atoms with E-state index in [0.717, 1.165) is 27.3 Å². The van der Waals surface area contributed by atoms with Gasteiger partial charge in [0.15, 0.2) is 0 Å². The quantitative estimate of drug-likeness (QED) is 0.851. The molecule has 1 aliphatic carbocycles. The van der Waals surface area contributed by atoms with Crippen molar-refractivity contribution in [1.82, 2.24) is 4.57 Å². The van der Waals surface area contributed by atoms with Crippen LogP contribution in [0.5, 0.6) is 0 Å². The van der Waals surface area contributed by atoms with Crippen LogP contribution >= 0.6 is 0 Å². The number of nitriles is 1. The molecule has 1 N–H and O–H groups in total. The third kappa shape index (κ3) is 1.74. The lowest BCUT2D eigenvalue weighted by Gasteiger charge is -2.00. The Morgan fingerprint density at radius 2 is 2.05 bits per heavy atom. The van der Waals surface area contributed by atoms with Gasteiger partial charge in [0.1, 0.15) is 17.5 Å². The maximum absolute atomic E-state index is 10.3. The predicted molar refractivity (Wildman–Crippen MR) is 79.0 cm³/mol. The summed E-state index contributed by atoms with van der Waals surface area (Å²) < 4.78 is 1.85. The van der Waals surface area contributed by atoms with Crippen molar-refractivity contribution >= 4 is 17.9 Å². The number of benzene rings is 1. The molecule has 0 radical (unpaired) electrons. The minimum absolute atomic E-state index is 0.294. The number of aliphatic hydroxyl groups excluding tert-OH is 1. The summed E-state index contributed by atoms with van der Waals surface area (Å²) in [6, 6.07) is 11.7. The van der Waals surface area contributed by atoms with Crippen LogP contribution in [0.3, 0.4) is 0 Å². The predicted octanol–water partition coefficient (Wildman–Crippen LogP) is 1.75. The molecule has 1 aliphatic rings. The van der Waals surface area contributed by atoms with Crippen LogP contribution in [0.25, 0.3) is 17.9 Å². The van der Waals surface area contributed by atoms with Crippen molar-refractivity contribution in [2.45, 2.75) is 6.92 Å². The Kier molecular flexibility index (Phi) is 2.73. The number of rotatable bonds is 1. The molecule has 2 aromatic rings. The molecule has 1 aromatic heterocycles. The van der Waals surface area contributed by atoms with Gasteiger partial charge in [-0.1, -0.05) is 24.3 Å². The van der Waals surface area contributed by atoms with E-state index in [0.29, 0.717) is 11.5 Å². The van der Waals surface area contributed by atoms with E-state index in [1.165, 1.54) is 0 Å². The summed E-state index contributed by atoms with van der Waals surface area (Å²) in [6.07, 6.45) is 3.88. The summed E-state index contributed by atoms with van der Waals surface area (Å²) in [7, 11) is 1.87. The molecule has 0 atom stereocenters. The summed E-state index contributed by atoms with van der Waals surface area (Å²) in [5.74, 6) is 0.294. The van der Waals surface area contributed by atoms with Crippen molar-refractivity contribution in [2.24, 2.45) is 7.05 Å². The molecule has 0 unspecified atom stereocenters. The van der Waals surface area contributed by atoms with Gasteiger partial charge in [-0.25, -0.2) is 0 Å². The molecule has 1 aromatic carbocycles. The van der Waals surface area contributed by atoms with Gasteiger partial charge < -0.3 is 9.67 Å². The highest BCUT2D eigenvalue weighted by molar-refractivity contribution is 5.85.